The van der Waals surface area contributed by atoms with Gasteiger partial charge in [0.05, 0.1) is 11.2 Å². The van der Waals surface area contributed by atoms with Gasteiger partial charge in [-0.15, -0.1) is 0 Å². The molecule has 2 aromatic rings. The summed E-state index contributed by atoms with van der Waals surface area (Å²) in [5.74, 6) is -4.09. The third-order valence-corrected chi connectivity index (χ3v) is 6.84. The van der Waals surface area contributed by atoms with Crippen LogP contribution in [0.5, 0.6) is 0 Å². The number of fused-ring (bicyclic) bond motifs is 5. The van der Waals surface area contributed by atoms with Crippen molar-refractivity contribution in [3.63, 3.8) is 0 Å². The molecule has 2 atom stereocenters. The predicted molar refractivity (Wildman–Crippen MR) is 118 cm³/mol. The predicted octanol–water partition coefficient (Wildman–Crippen LogP) is 3.30. The van der Waals surface area contributed by atoms with Crippen LogP contribution >= 0.6 is 0 Å². The van der Waals surface area contributed by atoms with E-state index in [1.807, 2.05) is 4.57 Å². The minimum Gasteiger partial charge on any atom is -0.477 e. The molecule has 3 heterocycles. The zero-order chi connectivity index (χ0) is 25.7. The molecule has 4 N–H and O–H groups in total. The molecule has 1 aliphatic carbocycles. The second-order valence-corrected chi connectivity index (χ2v) is 9.24. The van der Waals surface area contributed by atoms with Gasteiger partial charge in [-0.3, -0.25) is 4.79 Å². The molecule has 190 valence electrons. The number of hydrogen-bond acceptors (Lipinski definition) is 5. The number of nitrogens with two attached hydrogens (primary N) is 1. The van der Waals surface area contributed by atoms with Gasteiger partial charge in [0, 0.05) is 35.8 Å². The van der Waals surface area contributed by atoms with Crippen molar-refractivity contribution in [2.24, 2.45) is 11.7 Å². The van der Waals surface area contributed by atoms with Crippen LogP contribution in [0.1, 0.15) is 54.1 Å². The van der Waals surface area contributed by atoms with Gasteiger partial charge in [-0.25, -0.2) is 14.0 Å². The Labute approximate surface area is 196 Å². The molecule has 1 aromatic carbocycles. The molecule has 1 saturated carbocycles. The van der Waals surface area contributed by atoms with E-state index in [0.717, 1.165) is 49.7 Å². The second-order valence-electron chi connectivity index (χ2n) is 9.24. The molecule has 0 spiro atoms. The summed E-state index contributed by atoms with van der Waals surface area (Å²) in [5.41, 5.74) is 7.20. The van der Waals surface area contributed by atoms with Crippen LogP contribution in [0.25, 0.3) is 10.9 Å². The molecular weight excluding hydrogens is 474 g/mol. The summed E-state index contributed by atoms with van der Waals surface area (Å²) >= 11 is 0. The van der Waals surface area contributed by atoms with E-state index in [0.29, 0.717) is 24.6 Å². The Morgan fingerprint density at radius 2 is 1.80 bits per heavy atom. The number of hydrogen-bond donors (Lipinski definition) is 3. The SMILES string of the molecule is NC[C@H]1C[C@@H]2CCCc3c(c(F)cc4c(=O)c(C(=O)O)cn(C5CC5)c34)N2C1.O=C(O)C(F)(F)F. The number of aromatic nitrogens is 1. The standard InChI is InChI=1S/C21H24FN3O3.C2HF3O2/c22-17-7-15-18(25(12-4-5-12)10-16(20(15)26)21(27)28)14-3-1-2-13-6-11(8-23)9-24(13)19(14)17;3-2(4,5)1(6)7/h7,10-13H,1-6,8-9,23H2,(H,27,28);(H,6,7)/t11-,13+;/m1./s1. The van der Waals surface area contributed by atoms with E-state index in [1.165, 1.54) is 12.3 Å². The fourth-order valence-electron chi connectivity index (χ4n) is 5.14. The number of carbonyl (C=O) groups is 2. The molecule has 0 bridgehead atoms. The summed E-state index contributed by atoms with van der Waals surface area (Å²) in [5, 5.41) is 16.8. The molecular formula is C23H25F4N3O5. The fraction of sp³-hybridized carbons (Fsp3) is 0.522. The largest absolute Gasteiger partial charge is 0.490 e. The van der Waals surface area contributed by atoms with Crippen molar-refractivity contribution in [3.05, 3.63) is 39.4 Å². The molecule has 1 saturated heterocycles. The van der Waals surface area contributed by atoms with E-state index < -0.39 is 29.4 Å². The maximum atomic E-state index is 15.3. The molecule has 35 heavy (non-hydrogen) atoms. The Bertz CT molecular complexity index is 1240. The molecule has 3 aliphatic rings. The Balaban J connectivity index is 0.000000364. The fourth-order valence-corrected chi connectivity index (χ4v) is 5.14. The number of carboxylic acids is 2. The highest BCUT2D eigenvalue weighted by Gasteiger charge is 2.39. The van der Waals surface area contributed by atoms with E-state index >= 15 is 4.39 Å². The highest BCUT2D eigenvalue weighted by Crippen LogP contribution is 2.44. The van der Waals surface area contributed by atoms with Gasteiger partial charge in [-0.05, 0) is 57.1 Å². The lowest BCUT2D eigenvalue weighted by Crippen LogP contribution is -2.30. The van der Waals surface area contributed by atoms with Crippen molar-refractivity contribution in [1.82, 2.24) is 4.57 Å². The van der Waals surface area contributed by atoms with E-state index in [1.54, 1.807) is 0 Å². The Morgan fingerprint density at radius 3 is 2.34 bits per heavy atom. The third kappa shape index (κ3) is 4.71. The first-order valence-corrected chi connectivity index (χ1v) is 11.3. The normalized spacial score (nSPS) is 21.6. The highest BCUT2D eigenvalue weighted by atomic mass is 19.4. The Kier molecular flexibility index (Phi) is 6.52. The number of aryl methyl sites for hydroxylation is 1. The number of alkyl halides is 3. The minimum absolute atomic E-state index is 0.185. The number of anilines is 1. The van der Waals surface area contributed by atoms with Crippen LogP contribution in [0.15, 0.2) is 17.1 Å². The highest BCUT2D eigenvalue weighted by molar-refractivity contribution is 5.95. The third-order valence-electron chi connectivity index (χ3n) is 6.84. The molecule has 0 radical (unpaired) electrons. The monoisotopic (exact) mass is 499 g/mol. The summed E-state index contributed by atoms with van der Waals surface area (Å²) in [7, 11) is 0. The molecule has 2 fully saturated rings. The average Bonchev–Trinajstić information content (AvgIpc) is 3.57. The average molecular weight is 499 g/mol. The molecule has 5 rings (SSSR count). The zero-order valence-corrected chi connectivity index (χ0v) is 18.6. The van der Waals surface area contributed by atoms with E-state index in [9.17, 15) is 27.9 Å². The Hall–Kier alpha value is -3.15. The Morgan fingerprint density at radius 1 is 1.14 bits per heavy atom. The summed E-state index contributed by atoms with van der Waals surface area (Å²) in [6.45, 7) is 1.32. The van der Waals surface area contributed by atoms with Gasteiger partial charge >= 0.3 is 18.1 Å². The van der Waals surface area contributed by atoms with Gasteiger partial charge in [-0.2, -0.15) is 13.2 Å². The number of nitrogens with zero attached hydrogens (tertiary/aromatic N) is 2. The van der Waals surface area contributed by atoms with Gasteiger partial charge in [0.1, 0.15) is 11.4 Å². The lowest BCUT2D eigenvalue weighted by Gasteiger charge is -2.28. The first-order chi connectivity index (χ1) is 16.4. The number of carboxylic acid groups (broad SMARTS) is 2. The zero-order valence-electron chi connectivity index (χ0n) is 18.6. The minimum atomic E-state index is -5.08. The van der Waals surface area contributed by atoms with Crippen molar-refractivity contribution in [2.75, 3.05) is 18.0 Å². The molecule has 8 nitrogen and oxygen atoms in total. The van der Waals surface area contributed by atoms with Crippen LogP contribution in [-0.4, -0.2) is 52.0 Å². The van der Waals surface area contributed by atoms with Crippen LogP contribution in [0.2, 0.25) is 0 Å². The maximum Gasteiger partial charge on any atom is 0.490 e. The molecule has 0 unspecified atom stereocenters. The van der Waals surface area contributed by atoms with Gasteiger partial charge < -0.3 is 25.4 Å². The van der Waals surface area contributed by atoms with E-state index in [-0.39, 0.29) is 23.0 Å². The molecule has 0 amide bonds. The number of aromatic carboxylic acids is 1. The van der Waals surface area contributed by atoms with Crippen LogP contribution in [0.4, 0.5) is 23.2 Å². The van der Waals surface area contributed by atoms with Crippen LogP contribution < -0.4 is 16.1 Å². The van der Waals surface area contributed by atoms with Crippen molar-refractivity contribution in [1.29, 1.82) is 0 Å². The molecule has 2 aliphatic heterocycles. The first kappa shape index (κ1) is 25.0. The molecule has 12 heteroatoms. The van der Waals surface area contributed by atoms with E-state index in [2.05, 4.69) is 4.90 Å². The summed E-state index contributed by atoms with van der Waals surface area (Å²) in [4.78, 5) is 35.5. The van der Waals surface area contributed by atoms with Crippen molar-refractivity contribution in [2.45, 2.75) is 56.8 Å². The summed E-state index contributed by atoms with van der Waals surface area (Å²) in [6.07, 6.45) is 1.85. The number of rotatable bonds is 3. The summed E-state index contributed by atoms with van der Waals surface area (Å²) < 4.78 is 49.0. The maximum absolute atomic E-state index is 15.3. The number of aliphatic carboxylic acids is 1. The topological polar surface area (TPSA) is 126 Å². The van der Waals surface area contributed by atoms with Gasteiger partial charge in [0.15, 0.2) is 0 Å². The quantitative estimate of drug-likeness (QED) is 0.554. The van der Waals surface area contributed by atoms with Crippen LogP contribution in [0, 0.1) is 11.7 Å². The van der Waals surface area contributed by atoms with Crippen molar-refractivity contribution < 1.29 is 37.4 Å². The van der Waals surface area contributed by atoms with Crippen molar-refractivity contribution >= 4 is 28.5 Å². The second kappa shape index (κ2) is 9.14. The van der Waals surface area contributed by atoms with Gasteiger partial charge in [-0.1, -0.05) is 0 Å². The number of halogens is 4. The smallest absolute Gasteiger partial charge is 0.477 e. The number of pyridine rings is 1. The summed E-state index contributed by atoms with van der Waals surface area (Å²) in [6, 6.07) is 1.73. The lowest BCUT2D eigenvalue weighted by atomic mass is 9.98. The van der Waals surface area contributed by atoms with E-state index in [4.69, 9.17) is 15.6 Å². The van der Waals surface area contributed by atoms with Gasteiger partial charge in [0.25, 0.3) is 0 Å². The van der Waals surface area contributed by atoms with Gasteiger partial charge in [0.2, 0.25) is 5.43 Å². The number of benzene rings is 1. The van der Waals surface area contributed by atoms with Crippen LogP contribution in [-0.2, 0) is 11.2 Å². The first-order valence-electron chi connectivity index (χ1n) is 11.3. The van der Waals surface area contributed by atoms with Crippen molar-refractivity contribution in [3.8, 4) is 0 Å². The van der Waals surface area contributed by atoms with Crippen LogP contribution in [0.3, 0.4) is 0 Å². The lowest BCUT2D eigenvalue weighted by molar-refractivity contribution is -0.192. The molecule has 1 aromatic heterocycles.